The van der Waals surface area contributed by atoms with E-state index < -0.39 is 0 Å². The molecule has 2 heteroatoms. The first-order chi connectivity index (χ1) is 2.56. The molecular formula is C4H14Si2. The molecular weight excluding hydrogens is 104 g/mol. The van der Waals surface area contributed by atoms with Crippen molar-refractivity contribution in [2.75, 3.05) is 0 Å². The molecule has 0 aliphatic heterocycles. The molecule has 0 amide bonds. The van der Waals surface area contributed by atoms with Crippen LogP contribution in [0, 0.1) is 0 Å². The molecule has 0 unspecified atom stereocenters. The van der Waals surface area contributed by atoms with Gasteiger partial charge in [0.1, 0.15) is 0 Å². The summed E-state index contributed by atoms with van der Waals surface area (Å²) >= 11 is 0. The SMILES string of the molecule is CCC(C)([SiH3])[SiH3]. The van der Waals surface area contributed by atoms with Crippen LogP contribution < -0.4 is 0 Å². The van der Waals surface area contributed by atoms with Gasteiger partial charge in [-0.15, -0.1) is 0 Å². The highest BCUT2D eigenvalue weighted by atomic mass is 28.2. The average molecular weight is 118 g/mol. The second-order valence-corrected chi connectivity index (χ2v) is 10.3. The summed E-state index contributed by atoms with van der Waals surface area (Å²) in [6.45, 7) is 4.64. The standard InChI is InChI=1S/C4H14Si2/c1-3-4(2,5)6/h3H2,1-2,5-6H3. The van der Waals surface area contributed by atoms with Gasteiger partial charge in [0, 0.05) is 20.5 Å². The maximum absolute atomic E-state index is 2.37. The maximum atomic E-state index is 2.37. The lowest BCUT2D eigenvalue weighted by molar-refractivity contribution is 0.803. The molecule has 0 aromatic rings. The Labute approximate surface area is 46.2 Å². The molecule has 0 N–H and O–H groups in total. The van der Waals surface area contributed by atoms with Crippen molar-refractivity contribution >= 4 is 20.5 Å². The van der Waals surface area contributed by atoms with Gasteiger partial charge in [-0.05, 0) is 0 Å². The third kappa shape index (κ3) is 4.43. The van der Waals surface area contributed by atoms with E-state index in [1.807, 2.05) is 0 Å². The maximum Gasteiger partial charge on any atom is 0.00587 e. The summed E-state index contributed by atoms with van der Waals surface area (Å²) in [7, 11) is 2.78. The Morgan fingerprint density at radius 1 is 1.50 bits per heavy atom. The second-order valence-electron chi connectivity index (χ2n) is 2.91. The zero-order valence-electron chi connectivity index (χ0n) is 5.21. The molecule has 0 atom stereocenters. The summed E-state index contributed by atoms with van der Waals surface area (Å²) < 4.78 is 0.819. The minimum atomic E-state index is 0.819. The van der Waals surface area contributed by atoms with Crippen LogP contribution in [0.2, 0.25) is 4.66 Å². The van der Waals surface area contributed by atoms with E-state index >= 15 is 0 Å². The van der Waals surface area contributed by atoms with Crippen molar-refractivity contribution < 1.29 is 0 Å². The van der Waals surface area contributed by atoms with E-state index in [0.717, 1.165) is 4.66 Å². The summed E-state index contributed by atoms with van der Waals surface area (Å²) in [4.78, 5) is 0. The molecule has 0 radical (unpaired) electrons. The first kappa shape index (κ1) is 6.43. The molecule has 0 heterocycles. The summed E-state index contributed by atoms with van der Waals surface area (Å²) in [5, 5.41) is 0. The first-order valence-corrected chi connectivity index (χ1v) is 4.56. The minimum absolute atomic E-state index is 0.819. The van der Waals surface area contributed by atoms with Gasteiger partial charge in [-0.25, -0.2) is 0 Å². The van der Waals surface area contributed by atoms with Crippen LogP contribution in [0.3, 0.4) is 0 Å². The first-order valence-electron chi connectivity index (χ1n) is 2.56. The minimum Gasteiger partial charge on any atom is -0.0661 e. The van der Waals surface area contributed by atoms with E-state index in [0.29, 0.717) is 0 Å². The van der Waals surface area contributed by atoms with Crippen LogP contribution in [0.15, 0.2) is 0 Å². The predicted octanol–water partition coefficient (Wildman–Crippen LogP) is -0.737. The molecule has 38 valence electrons. The van der Waals surface area contributed by atoms with E-state index in [1.165, 1.54) is 26.9 Å². The summed E-state index contributed by atoms with van der Waals surface area (Å²) in [5.74, 6) is 0. The van der Waals surface area contributed by atoms with Gasteiger partial charge in [-0.2, -0.15) is 0 Å². The summed E-state index contributed by atoms with van der Waals surface area (Å²) in [6, 6.07) is 0. The second kappa shape index (κ2) is 1.93. The van der Waals surface area contributed by atoms with Crippen LogP contribution in [-0.2, 0) is 0 Å². The van der Waals surface area contributed by atoms with Crippen molar-refractivity contribution in [3.05, 3.63) is 0 Å². The number of rotatable bonds is 1. The van der Waals surface area contributed by atoms with Gasteiger partial charge in [0.25, 0.3) is 0 Å². The Balaban J connectivity index is 3.17. The van der Waals surface area contributed by atoms with Crippen LogP contribution in [0.25, 0.3) is 0 Å². The largest absolute Gasteiger partial charge is 0.0661 e. The van der Waals surface area contributed by atoms with E-state index in [4.69, 9.17) is 0 Å². The van der Waals surface area contributed by atoms with E-state index in [-0.39, 0.29) is 0 Å². The molecule has 0 saturated carbocycles. The van der Waals surface area contributed by atoms with Crippen LogP contribution >= 0.6 is 0 Å². The Morgan fingerprint density at radius 3 is 1.67 bits per heavy atom. The van der Waals surface area contributed by atoms with Gasteiger partial charge in [0.05, 0.1) is 0 Å². The molecule has 0 aromatic heterocycles. The molecule has 0 spiro atoms. The quantitative estimate of drug-likeness (QED) is 0.398. The van der Waals surface area contributed by atoms with Crippen molar-refractivity contribution in [2.45, 2.75) is 24.9 Å². The third-order valence-corrected chi connectivity index (χ3v) is 2.47. The van der Waals surface area contributed by atoms with E-state index in [2.05, 4.69) is 13.8 Å². The van der Waals surface area contributed by atoms with E-state index in [9.17, 15) is 0 Å². The summed E-state index contributed by atoms with van der Waals surface area (Å²) in [6.07, 6.45) is 1.39. The van der Waals surface area contributed by atoms with Crippen LogP contribution in [0.5, 0.6) is 0 Å². The van der Waals surface area contributed by atoms with Crippen LogP contribution in [-0.4, -0.2) is 20.5 Å². The molecule has 0 bridgehead atoms. The van der Waals surface area contributed by atoms with Gasteiger partial charge in [0.15, 0.2) is 0 Å². The number of hydrogen-bond donors (Lipinski definition) is 0. The Hall–Kier alpha value is 0.434. The van der Waals surface area contributed by atoms with Crippen molar-refractivity contribution in [1.82, 2.24) is 0 Å². The smallest absolute Gasteiger partial charge is 0.00587 e. The summed E-state index contributed by atoms with van der Waals surface area (Å²) in [5.41, 5.74) is 0. The van der Waals surface area contributed by atoms with Gasteiger partial charge >= 0.3 is 0 Å². The lowest BCUT2D eigenvalue weighted by Gasteiger charge is -2.12. The fourth-order valence-electron chi connectivity index (χ4n) is 0. The topological polar surface area (TPSA) is 0 Å². The fraction of sp³-hybridized carbons (Fsp3) is 1.00. The average Bonchev–Trinajstić information content (AvgIpc) is 1.35. The molecule has 0 nitrogen and oxygen atoms in total. The monoisotopic (exact) mass is 118 g/mol. The Morgan fingerprint density at radius 2 is 1.67 bits per heavy atom. The lowest BCUT2D eigenvalue weighted by Crippen LogP contribution is -2.03. The fourth-order valence-corrected chi connectivity index (χ4v) is 0. The molecule has 6 heavy (non-hydrogen) atoms. The third-order valence-electron chi connectivity index (χ3n) is 1.06. The van der Waals surface area contributed by atoms with Crippen molar-refractivity contribution in [3.63, 3.8) is 0 Å². The molecule has 0 rings (SSSR count). The highest BCUT2D eigenvalue weighted by molar-refractivity contribution is 6.39. The molecule has 0 aliphatic carbocycles. The molecule has 0 fully saturated rings. The van der Waals surface area contributed by atoms with Gasteiger partial charge in [-0.1, -0.05) is 24.9 Å². The normalized spacial score (nSPS) is 21.0. The molecule has 0 aromatic carbocycles. The van der Waals surface area contributed by atoms with E-state index in [1.54, 1.807) is 0 Å². The van der Waals surface area contributed by atoms with Crippen molar-refractivity contribution in [1.29, 1.82) is 0 Å². The van der Waals surface area contributed by atoms with Gasteiger partial charge < -0.3 is 0 Å². The van der Waals surface area contributed by atoms with Crippen molar-refractivity contribution in [2.24, 2.45) is 0 Å². The highest BCUT2D eigenvalue weighted by Gasteiger charge is 2.03. The van der Waals surface area contributed by atoms with Crippen molar-refractivity contribution in [3.8, 4) is 0 Å². The highest BCUT2D eigenvalue weighted by Crippen LogP contribution is 2.16. The Bertz CT molecular complexity index is 35.3. The van der Waals surface area contributed by atoms with Crippen LogP contribution in [0.4, 0.5) is 0 Å². The van der Waals surface area contributed by atoms with Crippen LogP contribution in [0.1, 0.15) is 20.3 Å². The Kier molecular flexibility index (Phi) is 2.07. The molecule has 0 saturated heterocycles. The number of hydrogen-bond acceptors (Lipinski definition) is 0. The zero-order chi connectivity index (χ0) is 5.21. The lowest BCUT2D eigenvalue weighted by atomic mass is 10.4. The molecule has 0 aliphatic rings. The predicted molar refractivity (Wildman–Crippen MR) is 38.5 cm³/mol. The van der Waals surface area contributed by atoms with Gasteiger partial charge in [0.2, 0.25) is 0 Å². The zero-order valence-corrected chi connectivity index (χ0v) is 9.21. The van der Waals surface area contributed by atoms with Gasteiger partial charge in [-0.3, -0.25) is 0 Å².